The zero-order chi connectivity index (χ0) is 13.1. The van der Waals surface area contributed by atoms with Crippen molar-refractivity contribution in [3.05, 3.63) is 21.4 Å². The minimum atomic E-state index is 0.178. The molecular formula is C14H21NO2S. The number of rotatable bonds is 4. The summed E-state index contributed by atoms with van der Waals surface area (Å²) >= 11 is 1.69. The van der Waals surface area contributed by atoms with Crippen molar-refractivity contribution in [1.29, 1.82) is 0 Å². The van der Waals surface area contributed by atoms with Crippen molar-refractivity contribution in [2.45, 2.75) is 45.6 Å². The number of carbonyl (C=O) groups is 1. The molecule has 1 aromatic rings. The molecule has 100 valence electrons. The molecule has 0 saturated carbocycles. The van der Waals surface area contributed by atoms with Crippen molar-refractivity contribution < 1.29 is 9.90 Å². The molecule has 1 atom stereocenters. The molecule has 0 radical (unpaired) electrons. The lowest BCUT2D eigenvalue weighted by molar-refractivity contribution is 0.0724. The minimum Gasteiger partial charge on any atom is -0.396 e. The second-order valence-electron chi connectivity index (χ2n) is 4.99. The Morgan fingerprint density at radius 3 is 2.94 bits per heavy atom. The van der Waals surface area contributed by atoms with Crippen LogP contribution in [0.4, 0.5) is 0 Å². The summed E-state index contributed by atoms with van der Waals surface area (Å²) in [4.78, 5) is 16.8. The van der Waals surface area contributed by atoms with E-state index >= 15 is 0 Å². The van der Waals surface area contributed by atoms with E-state index in [1.54, 1.807) is 11.3 Å². The fraction of sp³-hybridized carbons (Fsp3) is 0.643. The smallest absolute Gasteiger partial charge is 0.255 e. The van der Waals surface area contributed by atoms with Crippen LogP contribution in [0, 0.1) is 13.8 Å². The molecule has 1 unspecified atom stereocenters. The molecule has 2 heterocycles. The Hall–Kier alpha value is -0.870. The van der Waals surface area contributed by atoms with Crippen LogP contribution in [0.25, 0.3) is 0 Å². The Bertz CT molecular complexity index is 427. The van der Waals surface area contributed by atoms with Gasteiger partial charge in [0, 0.05) is 28.9 Å². The first kappa shape index (κ1) is 13.6. The van der Waals surface area contributed by atoms with E-state index in [1.807, 2.05) is 24.8 Å². The number of aryl methyl sites for hydroxylation is 2. The van der Waals surface area contributed by atoms with Crippen LogP contribution in [0.3, 0.4) is 0 Å². The number of nitrogens with zero attached hydrogens (tertiary/aromatic N) is 1. The van der Waals surface area contributed by atoms with E-state index in [-0.39, 0.29) is 12.5 Å². The van der Waals surface area contributed by atoms with Crippen molar-refractivity contribution in [1.82, 2.24) is 4.90 Å². The maximum atomic E-state index is 12.5. The molecule has 1 aliphatic heterocycles. The van der Waals surface area contributed by atoms with Crippen LogP contribution >= 0.6 is 11.3 Å². The molecule has 2 rings (SSSR count). The highest BCUT2D eigenvalue weighted by molar-refractivity contribution is 7.12. The molecule has 4 heteroatoms. The third-order valence-corrected chi connectivity index (χ3v) is 4.57. The maximum absolute atomic E-state index is 12.5. The quantitative estimate of drug-likeness (QED) is 0.911. The summed E-state index contributed by atoms with van der Waals surface area (Å²) in [5.74, 6) is 0.178. The largest absolute Gasteiger partial charge is 0.396 e. The van der Waals surface area contributed by atoms with Crippen molar-refractivity contribution in [3.63, 3.8) is 0 Å². The van der Waals surface area contributed by atoms with E-state index in [0.29, 0.717) is 6.04 Å². The van der Waals surface area contributed by atoms with E-state index in [9.17, 15) is 4.79 Å². The molecule has 1 amide bonds. The molecule has 1 aromatic heterocycles. The normalized spacial score (nSPS) is 19.5. The van der Waals surface area contributed by atoms with Gasteiger partial charge in [-0.1, -0.05) is 0 Å². The van der Waals surface area contributed by atoms with E-state index in [1.165, 1.54) is 4.88 Å². The Balaban J connectivity index is 2.10. The highest BCUT2D eigenvalue weighted by Crippen LogP contribution is 2.27. The molecule has 1 fully saturated rings. The van der Waals surface area contributed by atoms with Crippen molar-refractivity contribution in [2.24, 2.45) is 0 Å². The SMILES string of the molecule is Cc1cc(C(=O)N2CCCC2CCCO)c(C)s1. The van der Waals surface area contributed by atoms with Gasteiger partial charge in [0.05, 0.1) is 5.56 Å². The lowest BCUT2D eigenvalue weighted by atomic mass is 10.1. The second kappa shape index (κ2) is 5.85. The van der Waals surface area contributed by atoms with Gasteiger partial charge in [-0.05, 0) is 45.6 Å². The maximum Gasteiger partial charge on any atom is 0.255 e. The summed E-state index contributed by atoms with van der Waals surface area (Å²) in [5, 5.41) is 8.91. The molecule has 3 nitrogen and oxygen atoms in total. The average molecular weight is 267 g/mol. The van der Waals surface area contributed by atoms with Gasteiger partial charge in [0.1, 0.15) is 0 Å². The minimum absolute atomic E-state index is 0.178. The molecule has 1 aliphatic rings. The summed E-state index contributed by atoms with van der Waals surface area (Å²) in [6.45, 7) is 5.14. The highest BCUT2D eigenvalue weighted by atomic mass is 32.1. The first-order chi connectivity index (χ1) is 8.63. The van der Waals surface area contributed by atoms with E-state index in [4.69, 9.17) is 5.11 Å². The number of hydrogen-bond acceptors (Lipinski definition) is 3. The fourth-order valence-corrected chi connectivity index (χ4v) is 3.64. The lowest BCUT2D eigenvalue weighted by Gasteiger charge is -2.24. The molecule has 0 bridgehead atoms. The van der Waals surface area contributed by atoms with Gasteiger partial charge in [-0.15, -0.1) is 11.3 Å². The lowest BCUT2D eigenvalue weighted by Crippen LogP contribution is -2.35. The third-order valence-electron chi connectivity index (χ3n) is 3.60. The van der Waals surface area contributed by atoms with E-state index in [0.717, 1.165) is 42.7 Å². The van der Waals surface area contributed by atoms with Crippen LogP contribution in [-0.4, -0.2) is 35.1 Å². The van der Waals surface area contributed by atoms with Gasteiger partial charge < -0.3 is 10.0 Å². The monoisotopic (exact) mass is 267 g/mol. The van der Waals surface area contributed by atoms with Crippen LogP contribution in [0.1, 0.15) is 45.8 Å². The summed E-state index contributed by atoms with van der Waals surface area (Å²) in [6, 6.07) is 2.33. The van der Waals surface area contributed by atoms with Crippen molar-refractivity contribution >= 4 is 17.2 Å². The Morgan fingerprint density at radius 1 is 1.56 bits per heavy atom. The average Bonchev–Trinajstić information content (AvgIpc) is 2.92. The summed E-state index contributed by atoms with van der Waals surface area (Å²) < 4.78 is 0. The number of aliphatic hydroxyl groups is 1. The van der Waals surface area contributed by atoms with Crippen LogP contribution in [0.5, 0.6) is 0 Å². The van der Waals surface area contributed by atoms with Gasteiger partial charge in [0.25, 0.3) is 5.91 Å². The summed E-state index contributed by atoms with van der Waals surface area (Å²) in [5.41, 5.74) is 0.869. The molecule has 0 aliphatic carbocycles. The van der Waals surface area contributed by atoms with Crippen LogP contribution in [0.15, 0.2) is 6.07 Å². The van der Waals surface area contributed by atoms with Gasteiger partial charge in [0.15, 0.2) is 0 Å². The molecular weight excluding hydrogens is 246 g/mol. The topological polar surface area (TPSA) is 40.5 Å². The van der Waals surface area contributed by atoms with E-state index < -0.39 is 0 Å². The molecule has 18 heavy (non-hydrogen) atoms. The number of thiophene rings is 1. The van der Waals surface area contributed by atoms with Crippen molar-refractivity contribution in [2.75, 3.05) is 13.2 Å². The number of hydrogen-bond donors (Lipinski definition) is 1. The van der Waals surface area contributed by atoms with Gasteiger partial charge >= 0.3 is 0 Å². The van der Waals surface area contributed by atoms with Crippen LogP contribution < -0.4 is 0 Å². The van der Waals surface area contributed by atoms with Crippen molar-refractivity contribution in [3.8, 4) is 0 Å². The first-order valence-corrected chi connectivity index (χ1v) is 7.44. The van der Waals surface area contributed by atoms with Crippen LogP contribution in [0.2, 0.25) is 0 Å². The number of likely N-dealkylation sites (tertiary alicyclic amines) is 1. The number of carbonyl (C=O) groups excluding carboxylic acids is 1. The molecule has 1 saturated heterocycles. The summed E-state index contributed by atoms with van der Waals surface area (Å²) in [6.07, 6.45) is 3.87. The number of amides is 1. The molecule has 1 N–H and O–H groups in total. The molecule has 0 spiro atoms. The van der Waals surface area contributed by atoms with Gasteiger partial charge in [-0.2, -0.15) is 0 Å². The first-order valence-electron chi connectivity index (χ1n) is 6.62. The molecule has 0 aromatic carbocycles. The van der Waals surface area contributed by atoms with Gasteiger partial charge in [-0.25, -0.2) is 0 Å². The van der Waals surface area contributed by atoms with Gasteiger partial charge in [0.2, 0.25) is 0 Å². The van der Waals surface area contributed by atoms with Crippen LogP contribution in [-0.2, 0) is 0 Å². The highest BCUT2D eigenvalue weighted by Gasteiger charge is 2.30. The summed E-state index contributed by atoms with van der Waals surface area (Å²) in [7, 11) is 0. The predicted octanol–water partition coefficient (Wildman–Crippen LogP) is 2.74. The second-order valence-corrected chi connectivity index (χ2v) is 6.45. The van der Waals surface area contributed by atoms with Gasteiger partial charge in [-0.3, -0.25) is 4.79 Å². The number of aliphatic hydroxyl groups excluding tert-OH is 1. The zero-order valence-corrected chi connectivity index (χ0v) is 11.9. The Labute approximate surface area is 112 Å². The fourth-order valence-electron chi connectivity index (χ4n) is 2.73. The van der Waals surface area contributed by atoms with E-state index in [2.05, 4.69) is 0 Å². The Morgan fingerprint density at radius 2 is 2.33 bits per heavy atom. The zero-order valence-electron chi connectivity index (χ0n) is 11.1. The Kier molecular flexibility index (Phi) is 4.40. The predicted molar refractivity (Wildman–Crippen MR) is 74.2 cm³/mol. The standard InChI is InChI=1S/C14H21NO2S/c1-10-9-13(11(2)18-10)14(17)15-7-3-5-12(15)6-4-8-16/h9,12,16H,3-8H2,1-2H3. The third kappa shape index (κ3) is 2.75.